The van der Waals surface area contributed by atoms with Gasteiger partial charge in [-0.1, -0.05) is 0 Å². The SMILES string of the molecule is CN(c1nc(Nc2cc(CO)[nH]n2)cc2ncccc12)C1C[C@H]2CC[C@@H](C1)N2S(=O)(=O)N1CC(C#N)C1. The van der Waals surface area contributed by atoms with Crippen molar-refractivity contribution in [2.45, 2.75) is 50.4 Å². The molecule has 3 aliphatic rings. The number of nitriles is 1. The summed E-state index contributed by atoms with van der Waals surface area (Å²) in [6.07, 6.45) is 4.84. The smallest absolute Gasteiger partial charge is 0.282 e. The van der Waals surface area contributed by atoms with Crippen LogP contribution in [0.2, 0.25) is 0 Å². The number of rotatable bonds is 7. The Morgan fingerprint density at radius 1 is 1.24 bits per heavy atom. The molecule has 3 fully saturated rings. The fraction of sp³-hybridized carbons (Fsp3) is 0.500. The molecule has 0 amide bonds. The topological polar surface area (TPSA) is 154 Å². The third kappa shape index (κ3) is 4.19. The molecular formula is C24H29N9O3S. The molecule has 0 spiro atoms. The van der Waals surface area contributed by atoms with Crippen molar-refractivity contribution in [1.82, 2.24) is 28.8 Å². The molecule has 3 aromatic heterocycles. The van der Waals surface area contributed by atoms with Crippen LogP contribution in [0.4, 0.5) is 17.5 Å². The number of aromatic nitrogens is 4. The third-order valence-electron chi connectivity index (χ3n) is 7.78. The largest absolute Gasteiger partial charge is 0.390 e. The van der Waals surface area contributed by atoms with E-state index in [1.165, 1.54) is 4.31 Å². The molecule has 37 heavy (non-hydrogen) atoms. The summed E-state index contributed by atoms with van der Waals surface area (Å²) in [5, 5.41) is 29.4. The van der Waals surface area contributed by atoms with E-state index in [-0.39, 0.29) is 43.7 Å². The van der Waals surface area contributed by atoms with Gasteiger partial charge in [-0.2, -0.15) is 27.4 Å². The number of hydrogen-bond donors (Lipinski definition) is 3. The normalized spacial score (nSPS) is 24.6. The average Bonchev–Trinajstić information content (AvgIpc) is 3.43. The number of pyridine rings is 2. The van der Waals surface area contributed by atoms with Crippen LogP contribution in [0.3, 0.4) is 0 Å². The van der Waals surface area contributed by atoms with Crippen LogP contribution in [-0.4, -0.2) is 80.6 Å². The van der Waals surface area contributed by atoms with Crippen molar-refractivity contribution in [3.05, 3.63) is 36.2 Å². The highest BCUT2D eigenvalue weighted by Crippen LogP contribution is 2.42. The number of aliphatic hydroxyl groups excluding tert-OH is 1. The zero-order valence-corrected chi connectivity index (χ0v) is 21.3. The van der Waals surface area contributed by atoms with Crippen molar-refractivity contribution in [2.24, 2.45) is 5.92 Å². The van der Waals surface area contributed by atoms with Gasteiger partial charge in [0.1, 0.15) is 11.6 Å². The first-order valence-electron chi connectivity index (χ1n) is 12.5. The number of fused-ring (bicyclic) bond motifs is 3. The van der Waals surface area contributed by atoms with E-state index in [1.807, 2.05) is 25.2 Å². The Labute approximate surface area is 215 Å². The Balaban J connectivity index is 1.25. The van der Waals surface area contributed by atoms with Crippen LogP contribution >= 0.6 is 0 Å². The van der Waals surface area contributed by atoms with Crippen LogP contribution in [0.5, 0.6) is 0 Å². The molecule has 0 saturated carbocycles. The van der Waals surface area contributed by atoms with Crippen LogP contribution in [0, 0.1) is 17.2 Å². The molecule has 13 heteroatoms. The second-order valence-corrected chi connectivity index (χ2v) is 11.9. The zero-order valence-electron chi connectivity index (χ0n) is 20.4. The second-order valence-electron chi connectivity index (χ2n) is 10.1. The maximum atomic E-state index is 13.3. The summed E-state index contributed by atoms with van der Waals surface area (Å²) in [4.78, 5) is 11.6. The van der Waals surface area contributed by atoms with Crippen molar-refractivity contribution < 1.29 is 13.5 Å². The molecule has 3 aliphatic heterocycles. The van der Waals surface area contributed by atoms with Gasteiger partial charge < -0.3 is 15.3 Å². The van der Waals surface area contributed by atoms with E-state index in [1.54, 1.807) is 16.6 Å². The summed E-state index contributed by atoms with van der Waals surface area (Å²) in [6, 6.07) is 9.60. The van der Waals surface area contributed by atoms with Gasteiger partial charge in [0.05, 0.1) is 29.8 Å². The van der Waals surface area contributed by atoms with E-state index >= 15 is 0 Å². The number of hydrogen-bond acceptors (Lipinski definition) is 9. The Kier molecular flexibility index (Phi) is 5.99. The van der Waals surface area contributed by atoms with E-state index in [0.29, 0.717) is 30.2 Å². The minimum Gasteiger partial charge on any atom is -0.390 e. The monoisotopic (exact) mass is 523 g/mol. The molecule has 0 aliphatic carbocycles. The lowest BCUT2D eigenvalue weighted by atomic mass is 9.98. The van der Waals surface area contributed by atoms with Crippen LogP contribution in [0.15, 0.2) is 30.5 Å². The molecule has 6 rings (SSSR count). The molecule has 2 bridgehead atoms. The first-order chi connectivity index (χ1) is 17.9. The number of nitrogens with one attached hydrogen (secondary N) is 2. The van der Waals surface area contributed by atoms with Crippen LogP contribution < -0.4 is 10.2 Å². The van der Waals surface area contributed by atoms with E-state index in [4.69, 9.17) is 10.2 Å². The van der Waals surface area contributed by atoms with E-state index in [2.05, 4.69) is 31.5 Å². The summed E-state index contributed by atoms with van der Waals surface area (Å²) in [6.45, 7) is 0.440. The van der Waals surface area contributed by atoms with E-state index in [9.17, 15) is 13.5 Å². The zero-order chi connectivity index (χ0) is 25.7. The van der Waals surface area contributed by atoms with Gasteiger partial charge in [-0.15, -0.1) is 0 Å². The summed E-state index contributed by atoms with van der Waals surface area (Å²) in [7, 11) is -1.55. The molecular weight excluding hydrogens is 494 g/mol. The number of nitrogens with zero attached hydrogens (tertiary/aromatic N) is 7. The van der Waals surface area contributed by atoms with Crippen LogP contribution in [0.25, 0.3) is 10.9 Å². The van der Waals surface area contributed by atoms with E-state index in [0.717, 1.165) is 29.6 Å². The lowest BCUT2D eigenvalue weighted by molar-refractivity contribution is 0.177. The van der Waals surface area contributed by atoms with Gasteiger partial charge in [0, 0.05) is 62.0 Å². The predicted octanol–water partition coefficient (Wildman–Crippen LogP) is 1.72. The summed E-state index contributed by atoms with van der Waals surface area (Å²) in [5.74, 6) is 1.69. The molecule has 3 aromatic rings. The highest BCUT2D eigenvalue weighted by atomic mass is 32.2. The lowest BCUT2D eigenvalue weighted by Crippen LogP contribution is -2.60. The molecule has 3 saturated heterocycles. The van der Waals surface area contributed by atoms with Crippen LogP contribution in [-0.2, 0) is 16.8 Å². The summed E-state index contributed by atoms with van der Waals surface area (Å²) in [5.41, 5.74) is 1.38. The Morgan fingerprint density at radius 2 is 2.00 bits per heavy atom. The van der Waals surface area contributed by atoms with Crippen molar-refractivity contribution in [2.75, 3.05) is 30.4 Å². The second kappa shape index (κ2) is 9.21. The maximum absolute atomic E-state index is 13.3. The van der Waals surface area contributed by atoms with Gasteiger partial charge in [-0.3, -0.25) is 10.1 Å². The molecule has 6 heterocycles. The molecule has 0 radical (unpaired) electrons. The van der Waals surface area contributed by atoms with Gasteiger partial charge in [0.15, 0.2) is 5.82 Å². The molecule has 3 N–H and O–H groups in total. The Morgan fingerprint density at radius 3 is 2.68 bits per heavy atom. The molecule has 3 atom stereocenters. The van der Waals surface area contributed by atoms with Gasteiger partial charge in [0.25, 0.3) is 10.2 Å². The first kappa shape index (κ1) is 24.1. The highest BCUT2D eigenvalue weighted by Gasteiger charge is 2.51. The first-order valence-corrected chi connectivity index (χ1v) is 13.9. The fourth-order valence-electron chi connectivity index (χ4n) is 5.84. The van der Waals surface area contributed by atoms with Crippen molar-refractivity contribution >= 4 is 38.6 Å². The third-order valence-corrected chi connectivity index (χ3v) is 9.86. The van der Waals surface area contributed by atoms with Gasteiger partial charge in [-0.25, -0.2) is 4.98 Å². The lowest BCUT2D eigenvalue weighted by Gasteiger charge is -2.45. The summed E-state index contributed by atoms with van der Waals surface area (Å²) < 4.78 is 29.8. The minimum atomic E-state index is -3.56. The minimum absolute atomic E-state index is 0.0657. The molecule has 12 nitrogen and oxygen atoms in total. The highest BCUT2D eigenvalue weighted by molar-refractivity contribution is 7.86. The quantitative estimate of drug-likeness (QED) is 0.420. The Bertz CT molecular complexity index is 1450. The molecule has 1 unspecified atom stereocenters. The molecule has 194 valence electrons. The van der Waals surface area contributed by atoms with Crippen molar-refractivity contribution in [1.29, 1.82) is 5.26 Å². The number of H-pyrrole nitrogens is 1. The van der Waals surface area contributed by atoms with Crippen LogP contribution in [0.1, 0.15) is 31.4 Å². The predicted molar refractivity (Wildman–Crippen MR) is 137 cm³/mol. The van der Waals surface area contributed by atoms with Gasteiger partial charge >= 0.3 is 0 Å². The maximum Gasteiger partial charge on any atom is 0.282 e. The average molecular weight is 524 g/mol. The summed E-state index contributed by atoms with van der Waals surface area (Å²) >= 11 is 0. The fourth-order valence-corrected chi connectivity index (χ4v) is 7.98. The standard InChI is InChI=1S/C24H29N9O3S/c1-31(19-8-17-4-5-18(9-19)33(17)37(35,36)32-12-15(11-25)13-32)24-20-3-2-6-26-21(20)10-22(28-24)27-23-7-16(14-34)29-30-23/h2-3,6-7,10,15,17-19,34H,4-5,8-9,12-14H2,1H3,(H2,27,28,29,30)/t17-,18+,19?. The van der Waals surface area contributed by atoms with E-state index < -0.39 is 10.2 Å². The number of aromatic amines is 1. The Hall–Kier alpha value is -3.31. The van der Waals surface area contributed by atoms with Gasteiger partial charge in [-0.05, 0) is 37.8 Å². The van der Waals surface area contributed by atoms with Crippen molar-refractivity contribution in [3.8, 4) is 6.07 Å². The number of anilines is 3. The van der Waals surface area contributed by atoms with Crippen molar-refractivity contribution in [3.63, 3.8) is 0 Å². The van der Waals surface area contributed by atoms with Gasteiger partial charge in [0.2, 0.25) is 0 Å². The number of aliphatic hydroxyl groups is 1. The molecule has 0 aromatic carbocycles. The number of piperidine rings is 1.